The number of amides is 1. The summed E-state index contributed by atoms with van der Waals surface area (Å²) in [6.07, 6.45) is 3.06. The molecule has 0 aliphatic carbocycles. The SMILES string of the molecule is CCCn1nc(CCNC(=O)Cc2cccc(OC)c2)c2c1CCOC2. The van der Waals surface area contributed by atoms with Gasteiger partial charge in [0.25, 0.3) is 0 Å². The number of carbonyl (C=O) groups is 1. The maximum atomic E-state index is 12.2. The molecule has 1 N–H and O–H groups in total. The Labute approximate surface area is 154 Å². The molecule has 1 aromatic carbocycles. The van der Waals surface area contributed by atoms with Gasteiger partial charge < -0.3 is 14.8 Å². The van der Waals surface area contributed by atoms with Gasteiger partial charge in [-0.15, -0.1) is 0 Å². The molecule has 3 rings (SSSR count). The predicted molar refractivity (Wildman–Crippen MR) is 99.3 cm³/mol. The molecule has 1 aromatic heterocycles. The fraction of sp³-hybridized carbons (Fsp3) is 0.500. The number of nitrogens with zero attached hydrogens (tertiary/aromatic N) is 2. The molecule has 0 unspecified atom stereocenters. The Morgan fingerprint density at radius 3 is 3.12 bits per heavy atom. The van der Waals surface area contributed by atoms with Crippen molar-refractivity contribution in [2.45, 2.75) is 45.8 Å². The molecule has 0 saturated carbocycles. The maximum absolute atomic E-state index is 12.2. The van der Waals surface area contributed by atoms with E-state index in [0.717, 1.165) is 49.4 Å². The fourth-order valence-electron chi connectivity index (χ4n) is 3.33. The average Bonchev–Trinajstić information content (AvgIpc) is 3.00. The van der Waals surface area contributed by atoms with Gasteiger partial charge in [-0.05, 0) is 24.1 Å². The van der Waals surface area contributed by atoms with Crippen LogP contribution in [0.3, 0.4) is 0 Å². The number of nitrogens with one attached hydrogen (secondary N) is 1. The van der Waals surface area contributed by atoms with Crippen molar-refractivity contribution in [3.8, 4) is 5.75 Å². The summed E-state index contributed by atoms with van der Waals surface area (Å²) in [6.45, 7) is 5.07. The van der Waals surface area contributed by atoms with E-state index >= 15 is 0 Å². The number of carbonyl (C=O) groups excluding carboxylic acids is 1. The van der Waals surface area contributed by atoms with Crippen molar-refractivity contribution in [1.29, 1.82) is 0 Å². The molecule has 0 spiro atoms. The second-order valence-electron chi connectivity index (χ2n) is 6.53. The third-order valence-electron chi connectivity index (χ3n) is 4.60. The lowest BCUT2D eigenvalue weighted by molar-refractivity contribution is -0.120. The number of benzene rings is 1. The summed E-state index contributed by atoms with van der Waals surface area (Å²) >= 11 is 0. The van der Waals surface area contributed by atoms with E-state index in [2.05, 4.69) is 16.9 Å². The summed E-state index contributed by atoms with van der Waals surface area (Å²) in [4.78, 5) is 12.2. The number of ether oxygens (including phenoxy) is 2. The molecule has 0 fully saturated rings. The molecule has 2 heterocycles. The monoisotopic (exact) mass is 357 g/mol. The van der Waals surface area contributed by atoms with E-state index in [1.807, 2.05) is 24.3 Å². The van der Waals surface area contributed by atoms with Crippen molar-refractivity contribution in [3.63, 3.8) is 0 Å². The Morgan fingerprint density at radius 2 is 2.31 bits per heavy atom. The first-order chi connectivity index (χ1) is 12.7. The van der Waals surface area contributed by atoms with Gasteiger partial charge in [-0.25, -0.2) is 0 Å². The van der Waals surface area contributed by atoms with Gasteiger partial charge in [0, 0.05) is 37.2 Å². The summed E-state index contributed by atoms with van der Waals surface area (Å²) in [7, 11) is 1.63. The number of fused-ring (bicyclic) bond motifs is 1. The van der Waals surface area contributed by atoms with Crippen LogP contribution in [0.15, 0.2) is 24.3 Å². The Bertz CT molecular complexity index is 755. The van der Waals surface area contributed by atoms with Gasteiger partial charge in [0.15, 0.2) is 0 Å². The molecule has 1 aliphatic heterocycles. The Hall–Kier alpha value is -2.34. The van der Waals surface area contributed by atoms with Crippen LogP contribution in [0.25, 0.3) is 0 Å². The highest BCUT2D eigenvalue weighted by molar-refractivity contribution is 5.78. The van der Waals surface area contributed by atoms with Crippen molar-refractivity contribution in [2.24, 2.45) is 0 Å². The van der Waals surface area contributed by atoms with Crippen molar-refractivity contribution < 1.29 is 14.3 Å². The zero-order valence-corrected chi connectivity index (χ0v) is 15.6. The highest BCUT2D eigenvalue weighted by Gasteiger charge is 2.20. The molecule has 0 atom stereocenters. The van der Waals surface area contributed by atoms with Crippen LogP contribution in [0.2, 0.25) is 0 Å². The first-order valence-electron chi connectivity index (χ1n) is 9.26. The summed E-state index contributed by atoms with van der Waals surface area (Å²) in [6, 6.07) is 7.59. The van der Waals surface area contributed by atoms with Crippen LogP contribution < -0.4 is 10.1 Å². The number of hydrogen-bond acceptors (Lipinski definition) is 4. The molecule has 0 saturated heterocycles. The topological polar surface area (TPSA) is 65.4 Å². The van der Waals surface area contributed by atoms with Crippen LogP contribution in [-0.4, -0.2) is 35.9 Å². The second kappa shape index (κ2) is 8.85. The van der Waals surface area contributed by atoms with E-state index in [4.69, 9.17) is 14.6 Å². The van der Waals surface area contributed by atoms with E-state index in [0.29, 0.717) is 19.6 Å². The van der Waals surface area contributed by atoms with Gasteiger partial charge in [0.2, 0.25) is 5.91 Å². The molecule has 1 aliphatic rings. The molecule has 0 radical (unpaired) electrons. The number of rotatable bonds is 8. The van der Waals surface area contributed by atoms with Gasteiger partial charge in [-0.2, -0.15) is 5.10 Å². The van der Waals surface area contributed by atoms with Gasteiger partial charge in [0.05, 0.1) is 32.4 Å². The van der Waals surface area contributed by atoms with Crippen molar-refractivity contribution in [3.05, 3.63) is 46.8 Å². The molecule has 2 aromatic rings. The third-order valence-corrected chi connectivity index (χ3v) is 4.60. The van der Waals surface area contributed by atoms with Gasteiger partial charge in [0.1, 0.15) is 5.75 Å². The standard InChI is InChI=1S/C20H27N3O3/c1-3-10-23-19-8-11-26-14-17(19)18(22-23)7-9-21-20(24)13-15-5-4-6-16(12-15)25-2/h4-6,12H,3,7-11,13-14H2,1-2H3,(H,21,24). The van der Waals surface area contributed by atoms with Crippen LogP contribution in [0.1, 0.15) is 35.9 Å². The minimum Gasteiger partial charge on any atom is -0.497 e. The number of aryl methyl sites for hydroxylation is 1. The van der Waals surface area contributed by atoms with Gasteiger partial charge in [-0.3, -0.25) is 9.48 Å². The summed E-state index contributed by atoms with van der Waals surface area (Å²) in [5.74, 6) is 0.778. The van der Waals surface area contributed by atoms with Crippen LogP contribution >= 0.6 is 0 Å². The van der Waals surface area contributed by atoms with Crippen LogP contribution in [0.4, 0.5) is 0 Å². The molecule has 6 heteroatoms. The average molecular weight is 357 g/mol. The zero-order valence-electron chi connectivity index (χ0n) is 15.6. The quantitative estimate of drug-likeness (QED) is 0.787. The summed E-state index contributed by atoms with van der Waals surface area (Å²) < 4.78 is 12.9. The first-order valence-corrected chi connectivity index (χ1v) is 9.26. The maximum Gasteiger partial charge on any atom is 0.224 e. The number of hydrogen-bond donors (Lipinski definition) is 1. The van der Waals surface area contributed by atoms with E-state index in [1.165, 1.54) is 11.3 Å². The van der Waals surface area contributed by atoms with Crippen molar-refractivity contribution in [1.82, 2.24) is 15.1 Å². The summed E-state index contributed by atoms with van der Waals surface area (Å²) in [5.41, 5.74) is 4.51. The lowest BCUT2D eigenvalue weighted by Crippen LogP contribution is -2.27. The molecule has 1 amide bonds. The van der Waals surface area contributed by atoms with Crippen molar-refractivity contribution >= 4 is 5.91 Å². The first kappa shape index (κ1) is 18.5. The van der Waals surface area contributed by atoms with E-state index in [1.54, 1.807) is 7.11 Å². The normalized spacial score (nSPS) is 13.3. The largest absolute Gasteiger partial charge is 0.497 e. The highest BCUT2D eigenvalue weighted by atomic mass is 16.5. The predicted octanol–water partition coefficient (Wildman–Crippen LogP) is 2.28. The third kappa shape index (κ3) is 4.43. The van der Waals surface area contributed by atoms with Crippen molar-refractivity contribution in [2.75, 3.05) is 20.3 Å². The molecule has 6 nitrogen and oxygen atoms in total. The van der Waals surface area contributed by atoms with Gasteiger partial charge >= 0.3 is 0 Å². The fourth-order valence-corrected chi connectivity index (χ4v) is 3.33. The zero-order chi connectivity index (χ0) is 18.4. The van der Waals surface area contributed by atoms with Crippen LogP contribution in [0, 0.1) is 0 Å². The number of aromatic nitrogens is 2. The van der Waals surface area contributed by atoms with E-state index in [9.17, 15) is 4.79 Å². The van der Waals surface area contributed by atoms with Gasteiger partial charge in [-0.1, -0.05) is 19.1 Å². The van der Waals surface area contributed by atoms with Crippen LogP contribution in [-0.2, 0) is 41.9 Å². The Kier molecular flexibility index (Phi) is 6.28. The molecular weight excluding hydrogens is 330 g/mol. The van der Waals surface area contributed by atoms with Crippen LogP contribution in [0.5, 0.6) is 5.75 Å². The highest BCUT2D eigenvalue weighted by Crippen LogP contribution is 2.21. The molecule has 140 valence electrons. The molecular formula is C20H27N3O3. The summed E-state index contributed by atoms with van der Waals surface area (Å²) in [5, 5.41) is 7.75. The lowest BCUT2D eigenvalue weighted by atomic mass is 10.1. The Balaban J connectivity index is 1.55. The Morgan fingerprint density at radius 1 is 1.42 bits per heavy atom. The molecule has 0 bridgehead atoms. The van der Waals surface area contributed by atoms with E-state index < -0.39 is 0 Å². The lowest BCUT2D eigenvalue weighted by Gasteiger charge is -2.15. The van der Waals surface area contributed by atoms with E-state index in [-0.39, 0.29) is 5.91 Å². The minimum atomic E-state index is 0.0105. The molecule has 26 heavy (non-hydrogen) atoms. The second-order valence-corrected chi connectivity index (χ2v) is 6.53. The minimum absolute atomic E-state index is 0.0105. The number of methoxy groups -OCH3 is 1. The smallest absolute Gasteiger partial charge is 0.224 e.